The van der Waals surface area contributed by atoms with Crippen molar-refractivity contribution in [1.29, 1.82) is 0 Å². The van der Waals surface area contributed by atoms with Crippen LogP contribution in [0.1, 0.15) is 44.2 Å². The van der Waals surface area contributed by atoms with Gasteiger partial charge in [0.1, 0.15) is 0 Å². The van der Waals surface area contributed by atoms with E-state index in [9.17, 15) is 4.79 Å². The summed E-state index contributed by atoms with van der Waals surface area (Å²) in [6.45, 7) is 1.88. The minimum atomic E-state index is -0.0355. The molecule has 1 amide bonds. The molecule has 2 aliphatic rings. The first-order valence-electron chi connectivity index (χ1n) is 8.25. The van der Waals surface area contributed by atoms with Crippen molar-refractivity contribution in [3.63, 3.8) is 0 Å². The second-order valence-corrected chi connectivity index (χ2v) is 5.93. The SMILES string of the molecule is CCC(=O)N1NC(c2cc(OC)c(OC)c(OC)c2)C2=C1CCC2. The number of rotatable bonds is 5. The van der Waals surface area contributed by atoms with Gasteiger partial charge in [0.15, 0.2) is 11.5 Å². The fourth-order valence-electron chi connectivity index (χ4n) is 3.53. The van der Waals surface area contributed by atoms with E-state index in [-0.39, 0.29) is 11.9 Å². The number of hydrogen-bond donors (Lipinski definition) is 1. The van der Waals surface area contributed by atoms with Crippen LogP contribution in [0.15, 0.2) is 23.4 Å². The quantitative estimate of drug-likeness (QED) is 0.898. The molecule has 1 heterocycles. The van der Waals surface area contributed by atoms with E-state index >= 15 is 0 Å². The Morgan fingerprint density at radius 2 is 1.83 bits per heavy atom. The smallest absolute Gasteiger partial charge is 0.240 e. The molecule has 1 N–H and O–H groups in total. The third-order valence-corrected chi connectivity index (χ3v) is 4.68. The summed E-state index contributed by atoms with van der Waals surface area (Å²) in [7, 11) is 4.81. The lowest BCUT2D eigenvalue weighted by Crippen LogP contribution is -2.38. The zero-order valence-corrected chi connectivity index (χ0v) is 14.6. The van der Waals surface area contributed by atoms with Crippen LogP contribution in [0.5, 0.6) is 17.2 Å². The first kappa shape index (κ1) is 16.6. The molecule has 6 heteroatoms. The van der Waals surface area contributed by atoms with Gasteiger partial charge in [-0.15, -0.1) is 0 Å². The number of hydrazine groups is 1. The molecular weight excluding hydrogens is 308 g/mol. The van der Waals surface area contributed by atoms with E-state index in [1.165, 1.54) is 5.57 Å². The molecule has 0 aromatic heterocycles. The number of methoxy groups -OCH3 is 3. The largest absolute Gasteiger partial charge is 0.493 e. The lowest BCUT2D eigenvalue weighted by atomic mass is 9.98. The number of ether oxygens (including phenoxy) is 3. The lowest BCUT2D eigenvalue weighted by Gasteiger charge is -2.23. The number of hydrogen-bond acceptors (Lipinski definition) is 5. The summed E-state index contributed by atoms with van der Waals surface area (Å²) in [5.74, 6) is 1.91. The van der Waals surface area contributed by atoms with Crippen molar-refractivity contribution in [2.45, 2.75) is 38.6 Å². The van der Waals surface area contributed by atoms with Crippen molar-refractivity contribution >= 4 is 5.91 Å². The maximum absolute atomic E-state index is 12.2. The fraction of sp³-hybridized carbons (Fsp3) is 0.500. The molecule has 1 unspecified atom stereocenters. The minimum absolute atomic E-state index is 0.0355. The highest BCUT2D eigenvalue weighted by Gasteiger charge is 2.37. The van der Waals surface area contributed by atoms with E-state index in [0.717, 1.165) is 30.5 Å². The van der Waals surface area contributed by atoms with Gasteiger partial charge < -0.3 is 14.2 Å². The monoisotopic (exact) mass is 332 g/mol. The molecule has 24 heavy (non-hydrogen) atoms. The van der Waals surface area contributed by atoms with E-state index in [1.54, 1.807) is 26.3 Å². The van der Waals surface area contributed by atoms with Gasteiger partial charge in [0.25, 0.3) is 0 Å². The summed E-state index contributed by atoms with van der Waals surface area (Å²) in [4.78, 5) is 12.2. The molecule has 1 aromatic carbocycles. The first-order valence-corrected chi connectivity index (χ1v) is 8.25. The lowest BCUT2D eigenvalue weighted by molar-refractivity contribution is -0.131. The molecule has 0 fully saturated rings. The Bertz CT molecular complexity index is 659. The molecule has 0 spiro atoms. The van der Waals surface area contributed by atoms with E-state index in [1.807, 2.05) is 19.1 Å². The van der Waals surface area contributed by atoms with Crippen molar-refractivity contribution in [2.24, 2.45) is 0 Å². The van der Waals surface area contributed by atoms with Gasteiger partial charge in [-0.05, 0) is 42.5 Å². The molecule has 6 nitrogen and oxygen atoms in total. The van der Waals surface area contributed by atoms with Gasteiger partial charge in [-0.2, -0.15) is 0 Å². The van der Waals surface area contributed by atoms with Crippen molar-refractivity contribution in [2.75, 3.05) is 21.3 Å². The average molecular weight is 332 g/mol. The first-order chi connectivity index (χ1) is 11.6. The number of allylic oxidation sites excluding steroid dienone is 1. The summed E-state index contributed by atoms with van der Waals surface area (Å²) < 4.78 is 16.3. The van der Waals surface area contributed by atoms with Crippen LogP contribution >= 0.6 is 0 Å². The van der Waals surface area contributed by atoms with Gasteiger partial charge in [0.05, 0.1) is 27.4 Å². The Morgan fingerprint density at radius 3 is 2.38 bits per heavy atom. The van der Waals surface area contributed by atoms with Gasteiger partial charge in [0.2, 0.25) is 11.7 Å². The third kappa shape index (κ3) is 2.60. The molecule has 1 aliphatic heterocycles. The van der Waals surface area contributed by atoms with Gasteiger partial charge in [-0.25, -0.2) is 10.4 Å². The minimum Gasteiger partial charge on any atom is -0.493 e. The summed E-state index contributed by atoms with van der Waals surface area (Å²) in [6.07, 6.45) is 3.50. The number of nitrogens with zero attached hydrogens (tertiary/aromatic N) is 1. The Balaban J connectivity index is 2.02. The van der Waals surface area contributed by atoms with Crippen LogP contribution in [0.3, 0.4) is 0 Å². The Hall–Kier alpha value is -2.21. The van der Waals surface area contributed by atoms with Crippen molar-refractivity contribution in [3.8, 4) is 17.2 Å². The van der Waals surface area contributed by atoms with Crippen LogP contribution in [-0.2, 0) is 4.79 Å². The predicted octanol–water partition coefficient (Wildman–Crippen LogP) is 2.95. The molecule has 0 saturated carbocycles. The van der Waals surface area contributed by atoms with E-state index < -0.39 is 0 Å². The maximum Gasteiger partial charge on any atom is 0.240 e. The van der Waals surface area contributed by atoms with Gasteiger partial charge in [-0.1, -0.05) is 6.92 Å². The Kier molecular flexibility index (Phi) is 4.66. The van der Waals surface area contributed by atoms with Crippen molar-refractivity contribution in [3.05, 3.63) is 29.0 Å². The van der Waals surface area contributed by atoms with Gasteiger partial charge in [0, 0.05) is 12.1 Å². The molecule has 1 aliphatic carbocycles. The summed E-state index contributed by atoms with van der Waals surface area (Å²) >= 11 is 0. The summed E-state index contributed by atoms with van der Waals surface area (Å²) in [5, 5.41) is 1.73. The standard InChI is InChI=1S/C18H24N2O4/c1-5-16(21)20-13-8-6-7-12(13)17(19-20)11-9-14(22-2)18(24-4)15(10-11)23-3/h9-10,17,19H,5-8H2,1-4H3. The van der Waals surface area contributed by atoms with Gasteiger partial charge in [-0.3, -0.25) is 4.79 Å². The maximum atomic E-state index is 12.2. The van der Waals surface area contributed by atoms with E-state index in [2.05, 4.69) is 5.43 Å². The van der Waals surface area contributed by atoms with Crippen LogP contribution in [0.2, 0.25) is 0 Å². The topological polar surface area (TPSA) is 60.0 Å². The average Bonchev–Trinajstić information content (AvgIpc) is 3.22. The molecule has 3 rings (SSSR count). The molecular formula is C18H24N2O4. The zero-order valence-electron chi connectivity index (χ0n) is 14.6. The van der Waals surface area contributed by atoms with Crippen LogP contribution in [0, 0.1) is 0 Å². The molecule has 0 saturated heterocycles. The molecule has 0 radical (unpaired) electrons. The molecule has 1 aromatic rings. The van der Waals surface area contributed by atoms with Crippen LogP contribution < -0.4 is 19.6 Å². The number of carbonyl (C=O) groups excluding carboxylic acids is 1. The number of amides is 1. The second kappa shape index (κ2) is 6.73. The Morgan fingerprint density at radius 1 is 1.17 bits per heavy atom. The fourth-order valence-corrected chi connectivity index (χ4v) is 3.53. The van der Waals surface area contributed by atoms with Crippen molar-refractivity contribution in [1.82, 2.24) is 10.4 Å². The highest BCUT2D eigenvalue weighted by Crippen LogP contribution is 2.46. The number of carbonyl (C=O) groups is 1. The van der Waals surface area contributed by atoms with Crippen LogP contribution in [0.25, 0.3) is 0 Å². The Labute approximate surface area is 142 Å². The highest BCUT2D eigenvalue weighted by atomic mass is 16.5. The van der Waals surface area contributed by atoms with Crippen LogP contribution in [0.4, 0.5) is 0 Å². The zero-order chi connectivity index (χ0) is 17.3. The predicted molar refractivity (Wildman–Crippen MR) is 90.0 cm³/mol. The third-order valence-electron chi connectivity index (χ3n) is 4.68. The molecule has 0 bridgehead atoms. The summed E-state index contributed by atoms with van der Waals surface area (Å²) in [5.41, 5.74) is 6.77. The van der Waals surface area contributed by atoms with Crippen molar-refractivity contribution < 1.29 is 19.0 Å². The van der Waals surface area contributed by atoms with E-state index in [4.69, 9.17) is 14.2 Å². The molecule has 130 valence electrons. The summed E-state index contributed by atoms with van der Waals surface area (Å²) in [6, 6.07) is 3.86. The normalized spacial score (nSPS) is 19.5. The number of nitrogens with one attached hydrogen (secondary N) is 1. The van der Waals surface area contributed by atoms with Crippen LogP contribution in [-0.4, -0.2) is 32.2 Å². The van der Waals surface area contributed by atoms with E-state index in [0.29, 0.717) is 23.7 Å². The second-order valence-electron chi connectivity index (χ2n) is 5.93. The number of benzene rings is 1. The highest BCUT2D eigenvalue weighted by molar-refractivity contribution is 5.78. The molecule has 1 atom stereocenters. The van der Waals surface area contributed by atoms with Gasteiger partial charge >= 0.3 is 0 Å².